The maximum absolute atomic E-state index is 14.4. The third-order valence-electron chi connectivity index (χ3n) is 6.38. The molecule has 2 aliphatic heterocycles. The van der Waals surface area contributed by atoms with Gasteiger partial charge in [0.1, 0.15) is 23.1 Å². The van der Waals surface area contributed by atoms with Gasteiger partial charge in [-0.05, 0) is 37.9 Å². The van der Waals surface area contributed by atoms with Crippen molar-refractivity contribution in [1.29, 1.82) is 0 Å². The van der Waals surface area contributed by atoms with Gasteiger partial charge in [0.15, 0.2) is 5.75 Å². The molecule has 5 heterocycles. The maximum atomic E-state index is 14.4. The van der Waals surface area contributed by atoms with E-state index in [1.807, 2.05) is 6.92 Å². The lowest BCUT2D eigenvalue weighted by Crippen LogP contribution is -2.30. The molecule has 9 nitrogen and oxygen atoms in total. The van der Waals surface area contributed by atoms with Crippen LogP contribution in [-0.4, -0.2) is 57.6 Å². The Kier molecular flexibility index (Phi) is 4.35. The van der Waals surface area contributed by atoms with Crippen LogP contribution in [0.1, 0.15) is 12.2 Å². The van der Waals surface area contributed by atoms with Gasteiger partial charge in [-0.25, -0.2) is 14.4 Å². The number of nitrogens with zero attached hydrogens (tertiary/aromatic N) is 5. The molecular formula is C22H23FN8O. The molecule has 2 fully saturated rings. The molecule has 3 N–H and O–H groups in total. The second kappa shape index (κ2) is 7.27. The zero-order valence-electron chi connectivity index (χ0n) is 17.8. The largest absolute Gasteiger partial charge is 0.421 e. The van der Waals surface area contributed by atoms with E-state index in [0.29, 0.717) is 34.9 Å². The lowest BCUT2D eigenvalue weighted by Gasteiger charge is -2.20. The van der Waals surface area contributed by atoms with Crippen molar-refractivity contribution in [3.63, 3.8) is 0 Å². The minimum atomic E-state index is -0.314. The highest BCUT2D eigenvalue weighted by atomic mass is 19.1. The Hall–Kier alpha value is -3.53. The number of rotatable bonds is 4. The summed E-state index contributed by atoms with van der Waals surface area (Å²) in [6.07, 6.45) is 4.34. The number of hydrogen-bond donors (Lipinski definition) is 3. The highest BCUT2D eigenvalue weighted by Gasteiger charge is 2.37. The zero-order valence-corrected chi connectivity index (χ0v) is 17.8. The average Bonchev–Trinajstić information content (AvgIpc) is 3.47. The number of H-pyrrole nitrogens is 1. The van der Waals surface area contributed by atoms with Crippen LogP contribution in [0, 0.1) is 18.7 Å². The minimum absolute atomic E-state index is 0.197. The molecule has 1 aromatic carbocycles. The second-order valence-corrected chi connectivity index (χ2v) is 8.39. The van der Waals surface area contributed by atoms with Gasteiger partial charge in [0.2, 0.25) is 0 Å². The number of ether oxygens (including phenoxy) is 1. The summed E-state index contributed by atoms with van der Waals surface area (Å²) in [5.41, 5.74) is 2.05. The number of anilines is 2. The molecule has 2 unspecified atom stereocenters. The second-order valence-electron chi connectivity index (χ2n) is 8.39. The Bertz CT molecular complexity index is 1310. The smallest absolute Gasteiger partial charge is 0.326 e. The average molecular weight is 434 g/mol. The standard InChI is InChI=1S/C22H23FN8O/c1-11-26-7-14(8-27-11)32-22-29-20-18(15-5-13(23)6-16(24-2)19(15)28-20)21(30-22)31-9-12-3-4-25-17(12)10-31/h5-8,12,17,24-25H,3-4,9-10H2,1-2H3,(H,28,29,30). The van der Waals surface area contributed by atoms with Crippen molar-refractivity contribution in [1.82, 2.24) is 30.2 Å². The van der Waals surface area contributed by atoms with E-state index in [-0.39, 0.29) is 11.8 Å². The summed E-state index contributed by atoms with van der Waals surface area (Å²) in [6, 6.07) is 3.63. The number of aromatic nitrogens is 5. The first-order chi connectivity index (χ1) is 15.6. The van der Waals surface area contributed by atoms with Crippen molar-refractivity contribution in [2.75, 3.05) is 36.9 Å². The molecule has 0 radical (unpaired) electrons. The molecule has 4 aromatic rings. The van der Waals surface area contributed by atoms with Gasteiger partial charge in [0, 0.05) is 31.6 Å². The molecule has 0 amide bonds. The molecule has 0 spiro atoms. The van der Waals surface area contributed by atoms with Crippen LogP contribution < -0.4 is 20.3 Å². The van der Waals surface area contributed by atoms with E-state index < -0.39 is 0 Å². The van der Waals surface area contributed by atoms with E-state index in [1.54, 1.807) is 19.4 Å². The van der Waals surface area contributed by atoms with Crippen LogP contribution in [0.2, 0.25) is 0 Å². The van der Waals surface area contributed by atoms with Crippen molar-refractivity contribution in [3.8, 4) is 11.8 Å². The molecule has 0 bridgehead atoms. The minimum Gasteiger partial charge on any atom is -0.421 e. The highest BCUT2D eigenvalue weighted by molar-refractivity contribution is 6.14. The number of nitrogens with one attached hydrogen (secondary N) is 3. The van der Waals surface area contributed by atoms with Crippen LogP contribution >= 0.6 is 0 Å². The summed E-state index contributed by atoms with van der Waals surface area (Å²) in [5.74, 6) is 2.12. The van der Waals surface area contributed by atoms with Gasteiger partial charge >= 0.3 is 6.01 Å². The lowest BCUT2D eigenvalue weighted by atomic mass is 10.1. The normalized spacial score (nSPS) is 20.3. The fourth-order valence-corrected chi connectivity index (χ4v) is 4.86. The molecule has 10 heteroatoms. The Balaban J connectivity index is 1.53. The molecule has 164 valence electrons. The summed E-state index contributed by atoms with van der Waals surface area (Å²) in [6.45, 7) is 4.59. The fourth-order valence-electron chi connectivity index (χ4n) is 4.86. The molecule has 0 saturated carbocycles. The van der Waals surface area contributed by atoms with Crippen molar-refractivity contribution in [2.24, 2.45) is 5.92 Å². The molecular weight excluding hydrogens is 411 g/mol. The first-order valence-corrected chi connectivity index (χ1v) is 10.7. The fraction of sp³-hybridized carbons (Fsp3) is 0.364. The van der Waals surface area contributed by atoms with E-state index in [1.165, 1.54) is 12.1 Å². The summed E-state index contributed by atoms with van der Waals surface area (Å²) in [4.78, 5) is 23.3. The predicted molar refractivity (Wildman–Crippen MR) is 120 cm³/mol. The Morgan fingerprint density at radius 2 is 2.03 bits per heavy atom. The third-order valence-corrected chi connectivity index (χ3v) is 6.38. The Morgan fingerprint density at radius 1 is 1.19 bits per heavy atom. The summed E-state index contributed by atoms with van der Waals surface area (Å²) >= 11 is 0. The lowest BCUT2D eigenvalue weighted by molar-refractivity contribution is 0.439. The van der Waals surface area contributed by atoms with E-state index >= 15 is 0 Å². The van der Waals surface area contributed by atoms with Gasteiger partial charge in [0.25, 0.3) is 0 Å². The van der Waals surface area contributed by atoms with E-state index in [0.717, 1.165) is 48.2 Å². The Morgan fingerprint density at radius 3 is 2.81 bits per heavy atom. The molecule has 2 saturated heterocycles. The van der Waals surface area contributed by atoms with Gasteiger partial charge in [-0.1, -0.05) is 0 Å². The van der Waals surface area contributed by atoms with Crippen LogP contribution in [0.3, 0.4) is 0 Å². The molecule has 2 aliphatic rings. The van der Waals surface area contributed by atoms with Crippen LogP contribution in [0.25, 0.3) is 21.9 Å². The van der Waals surface area contributed by atoms with Crippen LogP contribution in [0.15, 0.2) is 24.5 Å². The SMILES string of the molecule is CNc1cc(F)cc2c1[nH]c1nc(Oc3cnc(C)nc3)nc(N3CC4CCNC4C3)c12. The van der Waals surface area contributed by atoms with Crippen molar-refractivity contribution >= 4 is 33.4 Å². The monoisotopic (exact) mass is 434 g/mol. The highest BCUT2D eigenvalue weighted by Crippen LogP contribution is 2.39. The first kappa shape index (κ1) is 19.2. The van der Waals surface area contributed by atoms with Gasteiger partial charge < -0.3 is 25.3 Å². The van der Waals surface area contributed by atoms with Crippen molar-refractivity contribution in [2.45, 2.75) is 19.4 Å². The molecule has 32 heavy (non-hydrogen) atoms. The number of aryl methyl sites for hydroxylation is 1. The number of hydrogen-bond acceptors (Lipinski definition) is 8. The predicted octanol–water partition coefficient (Wildman–Crippen LogP) is 2.98. The molecule has 6 rings (SSSR count). The van der Waals surface area contributed by atoms with E-state index in [2.05, 4.69) is 35.5 Å². The topological polar surface area (TPSA) is 104 Å². The van der Waals surface area contributed by atoms with Crippen LogP contribution in [0.5, 0.6) is 11.8 Å². The quantitative estimate of drug-likeness (QED) is 0.450. The maximum Gasteiger partial charge on any atom is 0.326 e. The Labute approximate surface area is 183 Å². The van der Waals surface area contributed by atoms with Gasteiger partial charge in [-0.15, -0.1) is 0 Å². The molecule has 2 atom stereocenters. The van der Waals surface area contributed by atoms with E-state index in [9.17, 15) is 4.39 Å². The third kappa shape index (κ3) is 3.10. The van der Waals surface area contributed by atoms with Crippen LogP contribution in [0.4, 0.5) is 15.9 Å². The molecule has 3 aromatic heterocycles. The number of fused-ring (bicyclic) bond motifs is 4. The van der Waals surface area contributed by atoms with E-state index in [4.69, 9.17) is 9.72 Å². The van der Waals surface area contributed by atoms with Gasteiger partial charge in [-0.2, -0.15) is 9.97 Å². The number of halogens is 1. The zero-order chi connectivity index (χ0) is 21.8. The summed E-state index contributed by atoms with van der Waals surface area (Å²) in [7, 11) is 1.77. The summed E-state index contributed by atoms with van der Waals surface area (Å²) in [5, 5.41) is 8.18. The van der Waals surface area contributed by atoms with Gasteiger partial charge in [0.05, 0.1) is 29.0 Å². The number of benzene rings is 1. The van der Waals surface area contributed by atoms with Crippen molar-refractivity contribution < 1.29 is 9.13 Å². The molecule has 0 aliphatic carbocycles. The van der Waals surface area contributed by atoms with Crippen LogP contribution in [-0.2, 0) is 0 Å². The summed E-state index contributed by atoms with van der Waals surface area (Å²) < 4.78 is 20.3. The van der Waals surface area contributed by atoms with Crippen molar-refractivity contribution in [3.05, 3.63) is 36.2 Å². The first-order valence-electron chi connectivity index (χ1n) is 10.7. The van der Waals surface area contributed by atoms with Gasteiger partial charge in [-0.3, -0.25) is 0 Å². The number of aromatic amines is 1.